The Labute approximate surface area is 329 Å². The largest absolute Gasteiger partial charge is 0.508 e. The monoisotopic (exact) mass is 769 g/mol. The molecule has 2 N–H and O–H groups in total. The Morgan fingerprint density at radius 1 is 0.582 bits per heavy atom. The van der Waals surface area contributed by atoms with Gasteiger partial charge in [0.15, 0.2) is 0 Å². The summed E-state index contributed by atoms with van der Waals surface area (Å²) in [7, 11) is 6.28. The molecule has 308 valence electrons. The third kappa shape index (κ3) is 11.4. The van der Waals surface area contributed by atoms with Crippen molar-refractivity contribution in [2.75, 3.05) is 34.7 Å². The molecule has 1 aromatic carbocycles. The number of phenolic OH excluding ortho intramolecular Hbond substituents is 1. The van der Waals surface area contributed by atoms with Crippen molar-refractivity contribution in [1.82, 2.24) is 29.8 Å². The predicted octanol–water partition coefficient (Wildman–Crippen LogP) is 3.92. The molecule has 0 aromatic heterocycles. The standard InChI is InChI=1S/C42H68N6O7/c1-25(2)20-31-38(51)45(10)35(23-28(7)8)42(55)48-19-13-14-32(48)39(52)47(12)36(24-29-15-17-30(49)18-16-29)41(54)46(11)34(22-27(5)6)40(53)44(9)33(21-26(3)4)37(50)43-31/h15-18,25-28,31-36,49H,13-14,19-24H2,1-12H3,(H,43,50)/t31-,32+,33-,34+,35-,36-/m0/s1. The molecule has 2 heterocycles. The summed E-state index contributed by atoms with van der Waals surface area (Å²) in [6.45, 7) is 16.0. The highest BCUT2D eigenvalue weighted by molar-refractivity contribution is 5.98. The van der Waals surface area contributed by atoms with Crippen LogP contribution in [0.4, 0.5) is 0 Å². The van der Waals surface area contributed by atoms with Gasteiger partial charge in [-0.25, -0.2) is 0 Å². The van der Waals surface area contributed by atoms with Crippen molar-refractivity contribution in [2.45, 2.75) is 137 Å². The van der Waals surface area contributed by atoms with Gasteiger partial charge >= 0.3 is 0 Å². The fourth-order valence-electron chi connectivity index (χ4n) is 7.88. The number of nitrogens with zero attached hydrogens (tertiary/aromatic N) is 5. The minimum absolute atomic E-state index is 0.00416. The highest BCUT2D eigenvalue weighted by Crippen LogP contribution is 2.27. The lowest BCUT2D eigenvalue weighted by atomic mass is 9.95. The molecule has 6 atom stereocenters. The highest BCUT2D eigenvalue weighted by Gasteiger charge is 2.45. The van der Waals surface area contributed by atoms with Crippen molar-refractivity contribution >= 4 is 35.4 Å². The van der Waals surface area contributed by atoms with E-state index in [1.54, 1.807) is 45.2 Å². The molecule has 2 aliphatic heterocycles. The average molecular weight is 769 g/mol. The van der Waals surface area contributed by atoms with E-state index < -0.39 is 65.8 Å². The summed E-state index contributed by atoms with van der Waals surface area (Å²) < 4.78 is 0. The van der Waals surface area contributed by atoms with E-state index in [1.807, 2.05) is 55.4 Å². The second-order valence-electron chi connectivity index (χ2n) is 17.5. The highest BCUT2D eigenvalue weighted by atomic mass is 16.3. The van der Waals surface area contributed by atoms with Gasteiger partial charge in [-0.05, 0) is 79.9 Å². The lowest BCUT2D eigenvalue weighted by Gasteiger charge is -2.40. The smallest absolute Gasteiger partial charge is 0.246 e. The maximum absolute atomic E-state index is 14.8. The van der Waals surface area contributed by atoms with Gasteiger partial charge in [0, 0.05) is 41.2 Å². The van der Waals surface area contributed by atoms with Gasteiger partial charge in [-0.15, -0.1) is 0 Å². The van der Waals surface area contributed by atoms with Gasteiger partial charge < -0.3 is 34.9 Å². The van der Waals surface area contributed by atoms with Crippen molar-refractivity contribution in [3.63, 3.8) is 0 Å². The molecule has 3 rings (SSSR count). The van der Waals surface area contributed by atoms with Crippen LogP contribution in [-0.4, -0.2) is 136 Å². The van der Waals surface area contributed by atoms with Crippen molar-refractivity contribution in [1.29, 1.82) is 0 Å². The van der Waals surface area contributed by atoms with Gasteiger partial charge in [-0.3, -0.25) is 28.8 Å². The zero-order valence-electron chi connectivity index (χ0n) is 35.4. The Morgan fingerprint density at radius 3 is 1.55 bits per heavy atom. The normalized spacial score (nSPS) is 25.8. The number of phenols is 1. The number of benzene rings is 1. The van der Waals surface area contributed by atoms with Crippen LogP contribution in [0.5, 0.6) is 5.75 Å². The predicted molar refractivity (Wildman–Crippen MR) is 213 cm³/mol. The number of aromatic hydroxyl groups is 1. The molecule has 6 amide bonds. The van der Waals surface area contributed by atoms with Gasteiger partial charge in [0.05, 0.1) is 0 Å². The molecule has 0 radical (unpaired) electrons. The Bertz CT molecular complexity index is 1510. The molecule has 2 aliphatic rings. The minimum Gasteiger partial charge on any atom is -0.508 e. The first-order valence-electron chi connectivity index (χ1n) is 20.1. The fourth-order valence-corrected chi connectivity index (χ4v) is 7.88. The van der Waals surface area contributed by atoms with Gasteiger partial charge in [-0.1, -0.05) is 67.5 Å². The Kier molecular flexibility index (Phi) is 16.1. The number of carbonyl (C=O) groups excluding carboxylic acids is 6. The summed E-state index contributed by atoms with van der Waals surface area (Å²) in [4.78, 5) is 94.6. The van der Waals surface area contributed by atoms with Crippen LogP contribution in [0.25, 0.3) is 0 Å². The van der Waals surface area contributed by atoms with Crippen molar-refractivity contribution in [3.8, 4) is 5.75 Å². The quantitative estimate of drug-likeness (QED) is 0.367. The first-order valence-corrected chi connectivity index (χ1v) is 20.1. The van der Waals surface area contributed by atoms with E-state index in [4.69, 9.17) is 0 Å². The van der Waals surface area contributed by atoms with Crippen LogP contribution in [-0.2, 0) is 35.2 Å². The second kappa shape index (κ2) is 19.6. The van der Waals surface area contributed by atoms with Gasteiger partial charge in [-0.2, -0.15) is 0 Å². The van der Waals surface area contributed by atoms with Gasteiger partial charge in [0.1, 0.15) is 42.0 Å². The van der Waals surface area contributed by atoms with E-state index in [2.05, 4.69) is 5.32 Å². The van der Waals surface area contributed by atoms with Crippen LogP contribution in [0.2, 0.25) is 0 Å². The maximum Gasteiger partial charge on any atom is 0.246 e. The SMILES string of the molecule is CC(C)C[C@@H]1NC(=O)[C@H](CC(C)C)N(C)C(=O)[C@@H](CC(C)C)N(C)C(=O)[C@H](Cc2ccc(O)cc2)N(C)C(=O)[C@H]2CCCN2C(=O)[C@H](CC(C)C)N(C)C1=O. The number of likely N-dealkylation sites (N-methyl/N-ethyl adjacent to an activating group) is 4. The van der Waals surface area contributed by atoms with E-state index >= 15 is 0 Å². The molecule has 2 saturated heterocycles. The second-order valence-corrected chi connectivity index (χ2v) is 17.5. The van der Waals surface area contributed by atoms with E-state index in [9.17, 15) is 33.9 Å². The topological polar surface area (TPSA) is 151 Å². The van der Waals surface area contributed by atoms with E-state index in [0.29, 0.717) is 50.6 Å². The number of amides is 6. The van der Waals surface area contributed by atoms with E-state index in [-0.39, 0.29) is 41.7 Å². The molecule has 0 bridgehead atoms. The zero-order chi connectivity index (χ0) is 41.5. The number of nitrogens with one attached hydrogen (secondary N) is 1. The third-order valence-electron chi connectivity index (χ3n) is 11.0. The molecular formula is C42H68N6O7. The van der Waals surface area contributed by atoms with Gasteiger partial charge in [0.25, 0.3) is 0 Å². The lowest BCUT2D eigenvalue weighted by Crippen LogP contribution is -2.62. The van der Waals surface area contributed by atoms with Crippen LogP contribution in [0.3, 0.4) is 0 Å². The average Bonchev–Trinajstić information content (AvgIpc) is 3.61. The maximum atomic E-state index is 14.8. The molecule has 55 heavy (non-hydrogen) atoms. The molecule has 0 spiro atoms. The number of rotatable bonds is 10. The number of hydrogen-bond donors (Lipinski definition) is 2. The molecule has 2 fully saturated rings. The van der Waals surface area contributed by atoms with Crippen LogP contribution in [0.15, 0.2) is 24.3 Å². The summed E-state index contributed by atoms with van der Waals surface area (Å²) in [5.74, 6) is -2.42. The van der Waals surface area contributed by atoms with E-state index in [0.717, 1.165) is 0 Å². The lowest BCUT2D eigenvalue weighted by molar-refractivity contribution is -0.156. The molecule has 0 aliphatic carbocycles. The van der Waals surface area contributed by atoms with Crippen LogP contribution >= 0.6 is 0 Å². The zero-order valence-corrected chi connectivity index (χ0v) is 35.4. The summed E-state index contributed by atoms with van der Waals surface area (Å²) in [5.41, 5.74) is 0.691. The third-order valence-corrected chi connectivity index (χ3v) is 11.0. The van der Waals surface area contributed by atoms with Crippen molar-refractivity contribution in [2.24, 2.45) is 23.7 Å². The fraction of sp³-hybridized carbons (Fsp3) is 0.714. The number of carbonyl (C=O) groups is 6. The summed E-state index contributed by atoms with van der Waals surface area (Å²) in [6, 6.07) is 0.703. The Morgan fingerprint density at radius 2 is 1.02 bits per heavy atom. The van der Waals surface area contributed by atoms with Crippen molar-refractivity contribution in [3.05, 3.63) is 29.8 Å². The van der Waals surface area contributed by atoms with Gasteiger partial charge in [0.2, 0.25) is 35.4 Å². The summed E-state index contributed by atoms with van der Waals surface area (Å²) in [6.07, 6.45) is 2.31. The first kappa shape index (κ1) is 45.2. The number of hydrogen-bond acceptors (Lipinski definition) is 7. The van der Waals surface area contributed by atoms with Crippen LogP contribution in [0.1, 0.15) is 99.5 Å². The Hall–Kier alpha value is -4.16. The molecule has 13 nitrogen and oxygen atoms in total. The van der Waals surface area contributed by atoms with Crippen LogP contribution < -0.4 is 5.32 Å². The van der Waals surface area contributed by atoms with E-state index in [1.165, 1.54) is 31.7 Å². The molecule has 0 unspecified atom stereocenters. The van der Waals surface area contributed by atoms with Crippen molar-refractivity contribution < 1.29 is 33.9 Å². The minimum atomic E-state index is -1.06. The molecule has 0 saturated carbocycles. The molecule has 13 heteroatoms. The summed E-state index contributed by atoms with van der Waals surface area (Å²) in [5, 5.41) is 13.0. The first-order chi connectivity index (χ1) is 25.7. The Balaban J connectivity index is 2.27. The molecule has 1 aromatic rings. The van der Waals surface area contributed by atoms with Crippen LogP contribution in [0, 0.1) is 23.7 Å². The molecular weight excluding hydrogens is 700 g/mol. The number of fused-ring (bicyclic) bond motifs is 1. The summed E-state index contributed by atoms with van der Waals surface area (Å²) >= 11 is 0.